The monoisotopic (exact) mass is 676 g/mol. The summed E-state index contributed by atoms with van der Waals surface area (Å²) in [5.41, 5.74) is -1.04. The topological polar surface area (TPSA) is 43.6 Å². The van der Waals surface area contributed by atoms with Gasteiger partial charge in [0.2, 0.25) is 0 Å². The molecular formula is C45H28N4S. The summed E-state index contributed by atoms with van der Waals surface area (Å²) in [7, 11) is 0. The van der Waals surface area contributed by atoms with Crippen LogP contribution in [0.15, 0.2) is 169 Å². The predicted octanol–water partition coefficient (Wildman–Crippen LogP) is 12.0. The lowest BCUT2D eigenvalue weighted by molar-refractivity contribution is 1.06. The van der Waals surface area contributed by atoms with E-state index in [9.17, 15) is 6.85 Å². The van der Waals surface area contributed by atoms with E-state index in [0.717, 1.165) is 11.3 Å². The van der Waals surface area contributed by atoms with E-state index in [1.165, 1.54) is 22.8 Å². The second-order valence-electron chi connectivity index (χ2n) is 10.9. The Kier molecular flexibility index (Phi) is 3.48. The first kappa shape index (κ1) is 15.0. The van der Waals surface area contributed by atoms with Crippen LogP contribution in [-0.4, -0.2) is 19.5 Å². The van der Waals surface area contributed by atoms with Gasteiger partial charge in [-0.25, -0.2) is 15.0 Å². The molecule has 234 valence electrons. The molecule has 0 radical (unpaired) electrons. The summed E-state index contributed by atoms with van der Waals surface area (Å²) in [6.45, 7) is 0. The molecule has 3 aromatic heterocycles. The van der Waals surface area contributed by atoms with E-state index in [-0.39, 0.29) is 87.9 Å². The minimum atomic E-state index is -0.727. The summed E-state index contributed by atoms with van der Waals surface area (Å²) in [6, 6.07) is 0.447. The second kappa shape index (κ2) is 11.6. The van der Waals surface area contributed by atoms with Crippen LogP contribution in [0, 0.1) is 0 Å². The van der Waals surface area contributed by atoms with Gasteiger partial charge in [-0.1, -0.05) is 133 Å². The maximum Gasteiger partial charge on any atom is 0.166 e. The fraction of sp³-hybridized carbons (Fsp3) is 0. The average Bonchev–Trinajstić information content (AvgIpc) is 3.94. The Labute approximate surface area is 320 Å². The van der Waals surface area contributed by atoms with Crippen LogP contribution in [0.4, 0.5) is 0 Å². The summed E-state index contributed by atoms with van der Waals surface area (Å²) >= 11 is 0.835. The first-order valence-corrected chi connectivity index (χ1v) is 15.9. The first-order chi connectivity index (χ1) is 33.1. The fourth-order valence-corrected chi connectivity index (χ4v) is 6.82. The Balaban J connectivity index is 1.40. The van der Waals surface area contributed by atoms with Crippen LogP contribution >= 0.6 is 11.3 Å². The second-order valence-corrected chi connectivity index (χ2v) is 12.0. The normalized spacial score (nSPS) is 17.2. The van der Waals surface area contributed by atoms with Gasteiger partial charge in [0.25, 0.3) is 0 Å². The van der Waals surface area contributed by atoms with Crippen LogP contribution in [0.25, 0.3) is 93.0 Å². The minimum Gasteiger partial charge on any atom is -0.308 e. The van der Waals surface area contributed by atoms with Crippen LogP contribution in [0.2, 0.25) is 0 Å². The van der Waals surface area contributed by atoms with Gasteiger partial charge in [-0.15, -0.1) is 11.3 Å². The molecule has 0 aliphatic heterocycles. The van der Waals surface area contributed by atoms with Gasteiger partial charge in [0, 0.05) is 47.6 Å². The Bertz CT molecular complexity index is 3920. The number of thiophene rings is 1. The number of hydrogen-bond donors (Lipinski definition) is 0. The van der Waals surface area contributed by atoms with E-state index in [0.29, 0.717) is 5.56 Å². The highest BCUT2D eigenvalue weighted by Crippen LogP contribution is 2.40. The zero-order valence-corrected chi connectivity index (χ0v) is 26.1. The lowest BCUT2D eigenvalue weighted by atomic mass is 10.00. The third kappa shape index (κ3) is 4.71. The van der Waals surface area contributed by atoms with E-state index in [1.54, 1.807) is 30.3 Å². The molecule has 0 spiro atoms. The van der Waals surface area contributed by atoms with Gasteiger partial charge in [0.05, 0.1) is 44.1 Å². The van der Waals surface area contributed by atoms with Crippen molar-refractivity contribution in [2.45, 2.75) is 0 Å². The van der Waals surface area contributed by atoms with Gasteiger partial charge >= 0.3 is 0 Å². The van der Waals surface area contributed by atoms with Crippen molar-refractivity contribution in [1.82, 2.24) is 19.5 Å². The van der Waals surface area contributed by atoms with Crippen molar-refractivity contribution in [3.05, 3.63) is 169 Å². The standard InChI is InChI=1S/C45H28N4S/c1-3-13-29(14-4-1)43-46-44(30-15-5-2-6-16-30)48-45(47-43)37-26-24-31(32-23-25-36-35-19-9-12-22-41(35)50-42(36)28-32)27-40(37)49-38-20-10-7-17-33(38)34-18-8-11-21-39(34)49/h1-28H/i1D,3D,4D,7D,8D,9D,10D,11D,12D,13D,14D,17D,18D,19D,20D,21D,22D,23D,25D,28D. The zero-order chi connectivity index (χ0) is 50.4. The molecule has 0 saturated heterocycles. The Morgan fingerprint density at radius 3 is 1.84 bits per heavy atom. The van der Waals surface area contributed by atoms with E-state index >= 15 is 0 Å². The molecule has 5 heteroatoms. The number of para-hydroxylation sites is 2. The summed E-state index contributed by atoms with van der Waals surface area (Å²) in [6.07, 6.45) is 0. The molecule has 0 aliphatic carbocycles. The molecule has 0 amide bonds. The highest BCUT2D eigenvalue weighted by Gasteiger charge is 2.20. The van der Waals surface area contributed by atoms with Crippen molar-refractivity contribution >= 4 is 53.3 Å². The van der Waals surface area contributed by atoms with Crippen molar-refractivity contribution in [3.8, 4) is 51.0 Å². The summed E-state index contributed by atoms with van der Waals surface area (Å²) in [5.74, 6) is -0.707. The number of rotatable bonds is 5. The average molecular weight is 677 g/mol. The summed E-state index contributed by atoms with van der Waals surface area (Å²) < 4.78 is 178. The molecule has 4 nitrogen and oxygen atoms in total. The predicted molar refractivity (Wildman–Crippen MR) is 209 cm³/mol. The van der Waals surface area contributed by atoms with Crippen LogP contribution in [0.1, 0.15) is 27.4 Å². The maximum atomic E-state index is 9.56. The molecule has 0 saturated carbocycles. The van der Waals surface area contributed by atoms with Crippen molar-refractivity contribution in [1.29, 1.82) is 0 Å². The quantitative estimate of drug-likeness (QED) is 0.182. The van der Waals surface area contributed by atoms with Crippen molar-refractivity contribution in [3.63, 3.8) is 0 Å². The Hall–Kier alpha value is -6.43. The molecule has 0 bridgehead atoms. The molecular weight excluding hydrogens is 629 g/mol. The molecule has 0 unspecified atom stereocenters. The Morgan fingerprint density at radius 1 is 0.460 bits per heavy atom. The largest absolute Gasteiger partial charge is 0.308 e. The zero-order valence-electron chi connectivity index (χ0n) is 45.3. The van der Waals surface area contributed by atoms with Crippen LogP contribution < -0.4 is 0 Å². The van der Waals surface area contributed by atoms with E-state index in [2.05, 4.69) is 9.97 Å². The third-order valence-electron chi connectivity index (χ3n) is 8.08. The van der Waals surface area contributed by atoms with Gasteiger partial charge in [-0.05, 0) is 47.4 Å². The number of hydrogen-bond acceptors (Lipinski definition) is 4. The minimum absolute atomic E-state index is 0.0148. The van der Waals surface area contributed by atoms with Gasteiger partial charge < -0.3 is 4.57 Å². The molecule has 10 aromatic rings. The van der Waals surface area contributed by atoms with Crippen molar-refractivity contribution in [2.24, 2.45) is 0 Å². The van der Waals surface area contributed by atoms with Gasteiger partial charge in [-0.3, -0.25) is 0 Å². The maximum absolute atomic E-state index is 9.56. The molecule has 7 aromatic carbocycles. The Morgan fingerprint density at radius 2 is 1.08 bits per heavy atom. The van der Waals surface area contributed by atoms with Gasteiger partial charge in [-0.2, -0.15) is 0 Å². The summed E-state index contributed by atoms with van der Waals surface area (Å²) in [5, 5.41) is -0.650. The van der Waals surface area contributed by atoms with E-state index in [1.807, 2.05) is 0 Å². The lowest BCUT2D eigenvalue weighted by Crippen LogP contribution is -2.04. The lowest BCUT2D eigenvalue weighted by Gasteiger charge is -2.16. The molecule has 0 fully saturated rings. The third-order valence-corrected chi connectivity index (χ3v) is 9.10. The molecule has 3 heterocycles. The first-order valence-electron chi connectivity index (χ1n) is 25.1. The van der Waals surface area contributed by atoms with Crippen molar-refractivity contribution in [2.75, 3.05) is 0 Å². The molecule has 50 heavy (non-hydrogen) atoms. The van der Waals surface area contributed by atoms with E-state index < -0.39 is 120 Å². The highest BCUT2D eigenvalue weighted by molar-refractivity contribution is 7.25. The highest BCUT2D eigenvalue weighted by atomic mass is 32.1. The van der Waals surface area contributed by atoms with Gasteiger partial charge in [0.1, 0.15) is 0 Å². The van der Waals surface area contributed by atoms with Crippen LogP contribution in [0.3, 0.4) is 0 Å². The van der Waals surface area contributed by atoms with Gasteiger partial charge in [0.15, 0.2) is 17.5 Å². The van der Waals surface area contributed by atoms with E-state index in [4.69, 9.17) is 25.5 Å². The number of fused-ring (bicyclic) bond motifs is 6. The molecule has 0 N–H and O–H groups in total. The fourth-order valence-electron chi connectivity index (χ4n) is 5.85. The molecule has 0 atom stereocenters. The van der Waals surface area contributed by atoms with Crippen LogP contribution in [-0.2, 0) is 0 Å². The number of benzene rings is 7. The number of nitrogens with zero attached hydrogens (tertiary/aromatic N) is 4. The van der Waals surface area contributed by atoms with Crippen molar-refractivity contribution < 1.29 is 27.4 Å². The SMILES string of the molecule is [2H]c1c([2H])c([2H])c(-c2nc(-c3ccccc3)nc(-c3ccc(-c4c([2H])c([2H])c5c(sc6c([2H])c([2H])c([2H])c([2H])c65)c4[2H])cc3-n3c4c([2H])c([2H])c([2H])c([2H])c4c4c([2H])c([2H])c([2H])c([2H])c43)n2)c([2H])c1[2H]. The summed E-state index contributed by atoms with van der Waals surface area (Å²) in [4.78, 5) is 14.0. The molecule has 0 aliphatic rings. The van der Waals surface area contributed by atoms with Crippen LogP contribution in [0.5, 0.6) is 0 Å². The smallest absolute Gasteiger partial charge is 0.166 e. The molecule has 10 rings (SSSR count). The number of aromatic nitrogens is 4.